The maximum Gasteiger partial charge on any atom is 0.262 e. The number of hydrogen-bond donors (Lipinski definition) is 2. The summed E-state index contributed by atoms with van der Waals surface area (Å²) in [7, 11) is 0. The summed E-state index contributed by atoms with van der Waals surface area (Å²) in [5.74, 6) is 3.53. The van der Waals surface area contributed by atoms with Crippen molar-refractivity contribution in [3.8, 4) is 0 Å². The third kappa shape index (κ3) is 3.90. The lowest BCUT2D eigenvalue weighted by Crippen LogP contribution is -2.59. The molecule has 4 aliphatic carbocycles. The fourth-order valence-electron chi connectivity index (χ4n) is 7.40. The molecule has 8 heteroatoms. The van der Waals surface area contributed by atoms with Crippen LogP contribution in [-0.2, 0) is 4.79 Å². The summed E-state index contributed by atoms with van der Waals surface area (Å²) in [6, 6.07) is 0. The number of nitrogens with zero attached hydrogens (tertiary/aromatic N) is 3. The van der Waals surface area contributed by atoms with E-state index in [2.05, 4.69) is 20.6 Å². The van der Waals surface area contributed by atoms with Crippen molar-refractivity contribution in [2.24, 2.45) is 17.8 Å². The maximum atomic E-state index is 13.5. The summed E-state index contributed by atoms with van der Waals surface area (Å²) in [6.45, 7) is 4.41. The fourth-order valence-corrected chi connectivity index (χ4v) is 8.44. The molecule has 1 saturated heterocycles. The zero-order chi connectivity index (χ0) is 22.6. The standard InChI is InChI=1S/C25H33N5O2S/c1-15-20-22(26-5-3-7-30-6-2-4-19(30)31)27-14-28-24(20)33-21(15)23(32)29-25-11-16-8-17(12-25)10-18(9-16)13-25/h14,16-18H,2-13H2,1H3,(H,29,32)(H,26,27,28). The van der Waals surface area contributed by atoms with E-state index in [9.17, 15) is 9.59 Å². The van der Waals surface area contributed by atoms with E-state index in [0.29, 0.717) is 6.42 Å². The Morgan fingerprint density at radius 2 is 1.91 bits per heavy atom. The number of fused-ring (bicyclic) bond motifs is 1. The second kappa shape index (κ2) is 8.22. The van der Waals surface area contributed by atoms with Crippen molar-refractivity contribution in [3.05, 3.63) is 16.8 Å². The molecule has 0 atom stereocenters. The molecule has 4 saturated carbocycles. The van der Waals surface area contributed by atoms with Gasteiger partial charge in [-0.3, -0.25) is 9.59 Å². The minimum Gasteiger partial charge on any atom is -0.369 e. The Hall–Kier alpha value is -2.22. The third-order valence-electron chi connectivity index (χ3n) is 8.42. The first-order valence-corrected chi connectivity index (χ1v) is 13.4. The summed E-state index contributed by atoms with van der Waals surface area (Å²) in [5, 5.41) is 7.90. The molecule has 2 aromatic heterocycles. The number of aryl methyl sites for hydroxylation is 1. The van der Waals surface area contributed by atoms with Gasteiger partial charge in [0.2, 0.25) is 5.91 Å². The molecule has 0 unspecified atom stereocenters. The van der Waals surface area contributed by atoms with E-state index in [0.717, 1.165) is 96.0 Å². The van der Waals surface area contributed by atoms with Gasteiger partial charge < -0.3 is 15.5 Å². The van der Waals surface area contributed by atoms with Crippen LogP contribution in [0.1, 0.15) is 73.0 Å². The Kier molecular flexibility index (Phi) is 5.31. The summed E-state index contributed by atoms with van der Waals surface area (Å²) >= 11 is 1.48. The number of nitrogens with one attached hydrogen (secondary N) is 2. The van der Waals surface area contributed by atoms with Gasteiger partial charge in [-0.1, -0.05) is 0 Å². The number of anilines is 1. The molecule has 0 radical (unpaired) electrons. The van der Waals surface area contributed by atoms with Gasteiger partial charge >= 0.3 is 0 Å². The van der Waals surface area contributed by atoms with Crippen LogP contribution < -0.4 is 10.6 Å². The van der Waals surface area contributed by atoms with E-state index in [-0.39, 0.29) is 17.4 Å². The lowest BCUT2D eigenvalue weighted by atomic mass is 9.53. The van der Waals surface area contributed by atoms with Gasteiger partial charge in [0.25, 0.3) is 5.91 Å². The maximum absolute atomic E-state index is 13.5. The van der Waals surface area contributed by atoms with Gasteiger partial charge in [0.05, 0.1) is 10.3 Å². The molecule has 5 fully saturated rings. The number of aromatic nitrogens is 2. The van der Waals surface area contributed by atoms with Crippen LogP contribution in [-0.4, -0.2) is 51.9 Å². The van der Waals surface area contributed by atoms with E-state index in [1.165, 1.54) is 30.6 Å². The Labute approximate surface area is 198 Å². The molecule has 5 aliphatic rings. The van der Waals surface area contributed by atoms with Gasteiger partial charge in [-0.05, 0) is 81.6 Å². The molecule has 7 nitrogen and oxygen atoms in total. The first-order valence-electron chi connectivity index (χ1n) is 12.6. The Morgan fingerprint density at radius 3 is 2.58 bits per heavy atom. The molecule has 0 aromatic carbocycles. The molecular weight excluding hydrogens is 434 g/mol. The molecule has 33 heavy (non-hydrogen) atoms. The Bertz CT molecular complexity index is 1060. The van der Waals surface area contributed by atoms with E-state index >= 15 is 0 Å². The predicted octanol–water partition coefficient (Wildman–Crippen LogP) is 4.12. The molecule has 0 spiro atoms. The van der Waals surface area contributed by atoms with Gasteiger partial charge in [-0.15, -0.1) is 11.3 Å². The summed E-state index contributed by atoms with van der Waals surface area (Å²) in [5.41, 5.74) is 0.976. The van der Waals surface area contributed by atoms with Gasteiger partial charge in [0.15, 0.2) is 0 Å². The first-order chi connectivity index (χ1) is 16.0. The molecule has 4 bridgehead atoms. The average Bonchev–Trinajstić information content (AvgIpc) is 3.33. The molecule has 7 rings (SSSR count). The van der Waals surface area contributed by atoms with E-state index in [4.69, 9.17) is 0 Å². The zero-order valence-corrected chi connectivity index (χ0v) is 20.2. The third-order valence-corrected chi connectivity index (χ3v) is 9.62. The summed E-state index contributed by atoms with van der Waals surface area (Å²) in [4.78, 5) is 37.8. The van der Waals surface area contributed by atoms with Gasteiger partial charge in [-0.2, -0.15) is 0 Å². The van der Waals surface area contributed by atoms with Crippen LogP contribution in [0.25, 0.3) is 10.2 Å². The summed E-state index contributed by atoms with van der Waals surface area (Å²) < 4.78 is 0. The monoisotopic (exact) mass is 467 g/mol. The van der Waals surface area contributed by atoms with Crippen LogP contribution in [0.4, 0.5) is 5.82 Å². The predicted molar refractivity (Wildman–Crippen MR) is 129 cm³/mol. The number of carbonyl (C=O) groups is 2. The minimum absolute atomic E-state index is 0.00815. The van der Waals surface area contributed by atoms with E-state index in [1.54, 1.807) is 6.33 Å². The highest BCUT2D eigenvalue weighted by Crippen LogP contribution is 2.55. The molecule has 1 aliphatic heterocycles. The van der Waals surface area contributed by atoms with Gasteiger partial charge in [-0.25, -0.2) is 9.97 Å². The van der Waals surface area contributed by atoms with Crippen LogP contribution in [0, 0.1) is 24.7 Å². The SMILES string of the molecule is Cc1c(C(=O)NC23CC4CC(CC(C4)C2)C3)sc2ncnc(NCCCN3CCCC3=O)c12. The van der Waals surface area contributed by atoms with Crippen molar-refractivity contribution in [2.45, 2.75) is 70.3 Å². The fraction of sp³-hybridized carbons (Fsp3) is 0.680. The van der Waals surface area contributed by atoms with Crippen LogP contribution in [0.5, 0.6) is 0 Å². The Balaban J connectivity index is 1.16. The number of hydrogen-bond acceptors (Lipinski definition) is 6. The number of amides is 2. The van der Waals surface area contributed by atoms with Crippen molar-refractivity contribution in [1.82, 2.24) is 20.2 Å². The van der Waals surface area contributed by atoms with Crippen LogP contribution in [0.3, 0.4) is 0 Å². The molecule has 2 N–H and O–H groups in total. The van der Waals surface area contributed by atoms with Crippen molar-refractivity contribution >= 4 is 39.2 Å². The highest BCUT2D eigenvalue weighted by Gasteiger charge is 2.51. The summed E-state index contributed by atoms with van der Waals surface area (Å²) in [6.07, 6.45) is 11.7. The van der Waals surface area contributed by atoms with Crippen LogP contribution in [0.2, 0.25) is 0 Å². The number of likely N-dealkylation sites (tertiary alicyclic amines) is 1. The minimum atomic E-state index is 0.00815. The van der Waals surface area contributed by atoms with Gasteiger partial charge in [0.1, 0.15) is 17.0 Å². The molecule has 176 valence electrons. The molecule has 3 heterocycles. The topological polar surface area (TPSA) is 87.2 Å². The molecule has 2 aromatic rings. The quantitative estimate of drug-likeness (QED) is 0.598. The number of thiophene rings is 1. The molecular formula is C25H33N5O2S. The largest absolute Gasteiger partial charge is 0.369 e. The normalized spacial score (nSPS) is 30.4. The average molecular weight is 468 g/mol. The first kappa shape index (κ1) is 21.3. The smallest absolute Gasteiger partial charge is 0.262 e. The molecule has 2 amide bonds. The van der Waals surface area contributed by atoms with E-state index < -0.39 is 0 Å². The zero-order valence-electron chi connectivity index (χ0n) is 19.4. The Morgan fingerprint density at radius 1 is 1.18 bits per heavy atom. The second-order valence-electron chi connectivity index (χ2n) is 10.9. The number of rotatable bonds is 7. The second-order valence-corrected chi connectivity index (χ2v) is 11.9. The van der Waals surface area contributed by atoms with Crippen molar-refractivity contribution < 1.29 is 9.59 Å². The lowest BCUT2D eigenvalue weighted by molar-refractivity contribution is -0.127. The highest BCUT2D eigenvalue weighted by molar-refractivity contribution is 7.20. The van der Waals surface area contributed by atoms with Crippen molar-refractivity contribution in [2.75, 3.05) is 25.0 Å². The number of carbonyl (C=O) groups excluding carboxylic acids is 2. The van der Waals surface area contributed by atoms with Crippen molar-refractivity contribution in [1.29, 1.82) is 0 Å². The van der Waals surface area contributed by atoms with Crippen molar-refractivity contribution in [3.63, 3.8) is 0 Å². The van der Waals surface area contributed by atoms with Crippen LogP contribution >= 0.6 is 11.3 Å². The van der Waals surface area contributed by atoms with E-state index in [1.807, 2.05) is 11.8 Å². The lowest BCUT2D eigenvalue weighted by Gasteiger charge is -2.56. The highest BCUT2D eigenvalue weighted by atomic mass is 32.1. The van der Waals surface area contributed by atoms with Crippen LogP contribution in [0.15, 0.2) is 6.33 Å². The van der Waals surface area contributed by atoms with Gasteiger partial charge in [0, 0.05) is 31.6 Å².